The molecule has 0 radical (unpaired) electrons. The number of rotatable bonds is 11. The predicted octanol–water partition coefficient (Wildman–Crippen LogP) is -1.23. The Morgan fingerprint density at radius 2 is 1.97 bits per heavy atom. The van der Waals surface area contributed by atoms with Crippen molar-refractivity contribution in [2.75, 3.05) is 12.0 Å². The summed E-state index contributed by atoms with van der Waals surface area (Å²) in [6.07, 6.45) is 1.41. The van der Waals surface area contributed by atoms with Crippen molar-refractivity contribution >= 4 is 35.4 Å². The maximum atomic E-state index is 13.9. The second kappa shape index (κ2) is 12.7. The number of aromatic amines is 1. The van der Waals surface area contributed by atoms with Crippen LogP contribution in [0.4, 0.5) is 5.82 Å². The molecule has 4 N–H and O–H groups in total. The highest BCUT2D eigenvalue weighted by atomic mass is 16.5. The van der Waals surface area contributed by atoms with E-state index in [9.17, 15) is 24.0 Å². The number of carbonyl (C=O) groups is 5. The van der Waals surface area contributed by atoms with Crippen LogP contribution in [0.1, 0.15) is 45.0 Å². The number of fused-ring (bicyclic) bond motifs is 1. The molecule has 0 spiro atoms. The summed E-state index contributed by atoms with van der Waals surface area (Å²) in [4.78, 5) is 69.3. The molecule has 15 nitrogen and oxygen atoms in total. The highest BCUT2D eigenvalue weighted by Gasteiger charge is 2.42. The van der Waals surface area contributed by atoms with Gasteiger partial charge >= 0.3 is 5.97 Å². The van der Waals surface area contributed by atoms with E-state index in [1.54, 1.807) is 26.0 Å². The summed E-state index contributed by atoms with van der Waals surface area (Å²) in [6, 6.07) is 0.338. The Balaban J connectivity index is 1.88. The fourth-order valence-electron chi connectivity index (χ4n) is 4.07. The van der Waals surface area contributed by atoms with Crippen molar-refractivity contribution in [2.24, 2.45) is 5.92 Å². The van der Waals surface area contributed by atoms with Gasteiger partial charge in [0.25, 0.3) is 5.91 Å². The molecule has 1 aliphatic heterocycles. The van der Waals surface area contributed by atoms with Crippen LogP contribution in [-0.4, -0.2) is 80.4 Å². The van der Waals surface area contributed by atoms with Crippen LogP contribution in [0.2, 0.25) is 0 Å². The number of tetrazole rings is 1. The van der Waals surface area contributed by atoms with E-state index in [2.05, 4.69) is 41.6 Å². The SMILES string of the molecule is COC(=O)CCC(NC(=O)C(NC(C)=O)C(C)C)C(=O)N1c2ncccc2C[C@H]1C(=O)NCc1nn[nH]n1. The zero-order valence-electron chi connectivity index (χ0n) is 21.6. The van der Waals surface area contributed by atoms with E-state index in [1.807, 2.05) is 0 Å². The lowest BCUT2D eigenvalue weighted by Gasteiger charge is -2.30. The standard InChI is InChI=1S/C23H31N9O6/c1-12(2)19(26-13(3)33)22(36)27-15(7-8-18(34)38-4)23(37)32-16(10-14-6-5-9-24-20(14)32)21(35)25-11-17-28-30-31-29-17/h5-6,9,12,15-16,19H,7-8,10-11H2,1-4H3,(H,25,35)(H,26,33)(H,27,36)(H,28,29,30,31)/t15?,16-,19?/m0/s1. The molecule has 1 aliphatic rings. The van der Waals surface area contributed by atoms with Crippen LogP contribution in [0.3, 0.4) is 0 Å². The Morgan fingerprint density at radius 3 is 2.61 bits per heavy atom. The number of ether oxygens (including phenoxy) is 1. The van der Waals surface area contributed by atoms with Crippen LogP contribution >= 0.6 is 0 Å². The summed E-state index contributed by atoms with van der Waals surface area (Å²) in [5.74, 6) is -2.46. The Hall–Kier alpha value is -4.43. The van der Waals surface area contributed by atoms with Gasteiger partial charge in [-0.3, -0.25) is 28.9 Å². The maximum Gasteiger partial charge on any atom is 0.305 e. The normalized spacial score (nSPS) is 15.8. The van der Waals surface area contributed by atoms with Gasteiger partial charge in [-0.2, -0.15) is 5.21 Å². The van der Waals surface area contributed by atoms with Gasteiger partial charge in [-0.25, -0.2) is 4.98 Å². The number of anilines is 1. The fraction of sp³-hybridized carbons (Fsp3) is 0.522. The first-order valence-corrected chi connectivity index (χ1v) is 12.0. The van der Waals surface area contributed by atoms with E-state index in [0.717, 1.165) is 0 Å². The van der Waals surface area contributed by atoms with Gasteiger partial charge in [0.1, 0.15) is 23.9 Å². The third-order valence-electron chi connectivity index (χ3n) is 5.96. The number of methoxy groups -OCH3 is 1. The molecule has 3 rings (SSSR count). The van der Waals surface area contributed by atoms with Crippen LogP contribution in [0, 0.1) is 5.92 Å². The summed E-state index contributed by atoms with van der Waals surface area (Å²) in [5.41, 5.74) is 0.664. The predicted molar refractivity (Wildman–Crippen MR) is 131 cm³/mol. The number of hydrogen-bond donors (Lipinski definition) is 4. The highest BCUT2D eigenvalue weighted by Crippen LogP contribution is 2.31. The molecule has 0 saturated carbocycles. The van der Waals surface area contributed by atoms with E-state index < -0.39 is 47.7 Å². The third kappa shape index (κ3) is 6.86. The molecule has 38 heavy (non-hydrogen) atoms. The van der Waals surface area contributed by atoms with Crippen molar-refractivity contribution < 1.29 is 28.7 Å². The molecule has 2 aromatic heterocycles. The molecule has 0 saturated heterocycles. The molecule has 15 heteroatoms. The van der Waals surface area contributed by atoms with Crippen molar-refractivity contribution in [3.8, 4) is 0 Å². The van der Waals surface area contributed by atoms with Crippen LogP contribution in [0.25, 0.3) is 0 Å². The Morgan fingerprint density at radius 1 is 1.21 bits per heavy atom. The number of H-pyrrole nitrogens is 1. The Labute approximate surface area is 218 Å². The molecule has 2 aromatic rings. The van der Waals surface area contributed by atoms with Gasteiger partial charge in [0.15, 0.2) is 5.82 Å². The minimum Gasteiger partial charge on any atom is -0.469 e. The quantitative estimate of drug-likeness (QED) is 0.255. The molecule has 3 heterocycles. The van der Waals surface area contributed by atoms with Gasteiger partial charge in [0.2, 0.25) is 17.7 Å². The molecular weight excluding hydrogens is 498 g/mol. The van der Waals surface area contributed by atoms with Crippen molar-refractivity contribution in [1.82, 2.24) is 41.6 Å². The van der Waals surface area contributed by atoms with E-state index in [0.29, 0.717) is 5.56 Å². The van der Waals surface area contributed by atoms with E-state index >= 15 is 0 Å². The van der Waals surface area contributed by atoms with E-state index in [-0.39, 0.29) is 43.4 Å². The van der Waals surface area contributed by atoms with Crippen LogP contribution in [-0.2, 0) is 41.7 Å². The van der Waals surface area contributed by atoms with Gasteiger partial charge in [-0.1, -0.05) is 25.1 Å². The monoisotopic (exact) mass is 529 g/mol. The molecular formula is C23H31N9O6. The smallest absolute Gasteiger partial charge is 0.305 e. The van der Waals surface area contributed by atoms with Gasteiger partial charge < -0.3 is 20.7 Å². The van der Waals surface area contributed by atoms with Crippen molar-refractivity contribution in [1.29, 1.82) is 0 Å². The first kappa shape index (κ1) is 28.1. The number of nitrogens with one attached hydrogen (secondary N) is 4. The van der Waals surface area contributed by atoms with Gasteiger partial charge in [-0.05, 0) is 24.0 Å². The summed E-state index contributed by atoms with van der Waals surface area (Å²) < 4.78 is 4.70. The van der Waals surface area contributed by atoms with Crippen molar-refractivity contribution in [2.45, 2.75) is 64.7 Å². The number of hydrogen-bond acceptors (Lipinski definition) is 10. The number of esters is 1. The summed E-state index contributed by atoms with van der Waals surface area (Å²) in [5, 5.41) is 21.2. The number of aromatic nitrogens is 5. The van der Waals surface area contributed by atoms with Crippen molar-refractivity contribution in [3.63, 3.8) is 0 Å². The second-order valence-corrected chi connectivity index (χ2v) is 9.06. The highest BCUT2D eigenvalue weighted by molar-refractivity contribution is 6.06. The first-order valence-electron chi connectivity index (χ1n) is 12.0. The molecule has 0 aromatic carbocycles. The lowest BCUT2D eigenvalue weighted by atomic mass is 10.0. The molecule has 0 fully saturated rings. The summed E-state index contributed by atoms with van der Waals surface area (Å²) in [7, 11) is 1.22. The number of amides is 4. The minimum atomic E-state index is -1.21. The van der Waals surface area contributed by atoms with Gasteiger partial charge in [0, 0.05) is 26.0 Å². The molecule has 3 atom stereocenters. The summed E-state index contributed by atoms with van der Waals surface area (Å²) in [6.45, 7) is 4.76. The summed E-state index contributed by atoms with van der Waals surface area (Å²) >= 11 is 0. The molecule has 204 valence electrons. The number of carbonyl (C=O) groups excluding carboxylic acids is 5. The Bertz CT molecular complexity index is 1170. The fourth-order valence-corrected chi connectivity index (χ4v) is 4.07. The van der Waals surface area contributed by atoms with Gasteiger partial charge in [-0.15, -0.1) is 10.2 Å². The molecule has 2 unspecified atom stereocenters. The second-order valence-electron chi connectivity index (χ2n) is 9.06. The Kier molecular flexibility index (Phi) is 9.40. The average Bonchev–Trinajstić information content (AvgIpc) is 3.55. The third-order valence-corrected chi connectivity index (χ3v) is 5.96. The largest absolute Gasteiger partial charge is 0.469 e. The van der Waals surface area contributed by atoms with Crippen LogP contribution in [0.15, 0.2) is 18.3 Å². The minimum absolute atomic E-state index is 0.0209. The molecule has 4 amide bonds. The zero-order chi connectivity index (χ0) is 27.8. The average molecular weight is 530 g/mol. The van der Waals surface area contributed by atoms with E-state index in [4.69, 9.17) is 4.74 Å². The van der Waals surface area contributed by atoms with Crippen LogP contribution in [0.5, 0.6) is 0 Å². The lowest BCUT2D eigenvalue weighted by Crippen LogP contribution is -2.58. The topological polar surface area (TPSA) is 201 Å². The molecule has 0 bridgehead atoms. The molecule has 0 aliphatic carbocycles. The van der Waals surface area contributed by atoms with Crippen LogP contribution < -0.4 is 20.9 Å². The van der Waals surface area contributed by atoms with Crippen molar-refractivity contribution in [3.05, 3.63) is 29.7 Å². The maximum absolute atomic E-state index is 13.9. The zero-order valence-corrected chi connectivity index (χ0v) is 21.6. The lowest BCUT2D eigenvalue weighted by molar-refractivity contribution is -0.141. The van der Waals surface area contributed by atoms with Gasteiger partial charge in [0.05, 0.1) is 13.7 Å². The number of nitrogens with zero attached hydrogens (tertiary/aromatic N) is 5. The number of pyridine rings is 1. The van der Waals surface area contributed by atoms with E-state index in [1.165, 1.54) is 25.1 Å². The first-order chi connectivity index (χ1) is 18.1.